The fourth-order valence-electron chi connectivity index (χ4n) is 2.74. The molecule has 0 radical (unpaired) electrons. The molecule has 25 heavy (non-hydrogen) atoms. The summed E-state index contributed by atoms with van der Waals surface area (Å²) in [6.07, 6.45) is 1.57. The van der Waals surface area contributed by atoms with Gasteiger partial charge in [0, 0.05) is 23.2 Å². The van der Waals surface area contributed by atoms with E-state index < -0.39 is 13.9 Å². The van der Waals surface area contributed by atoms with Crippen LogP contribution in [0.15, 0.2) is 24.4 Å². The Morgan fingerprint density at radius 3 is 2.32 bits per heavy atom. The number of carboxylic acids is 1. The van der Waals surface area contributed by atoms with Gasteiger partial charge in [0.05, 0.1) is 25.8 Å². The van der Waals surface area contributed by atoms with Crippen LogP contribution in [-0.2, 0) is 24.9 Å². The molecule has 8 heteroatoms. The number of carboxylic acid groups (broad SMARTS) is 1. The van der Waals surface area contributed by atoms with Crippen LogP contribution in [0.1, 0.15) is 31.1 Å². The van der Waals surface area contributed by atoms with Crippen molar-refractivity contribution in [3.05, 3.63) is 30.0 Å². The predicted octanol–water partition coefficient (Wildman–Crippen LogP) is 3.04. The molecule has 0 spiro atoms. The number of fused-ring (bicyclic) bond motifs is 1. The summed E-state index contributed by atoms with van der Waals surface area (Å²) >= 11 is 0. The third-order valence-electron chi connectivity index (χ3n) is 3.71. The number of carbonyl (C=O) groups excluding carboxylic acids is 1. The van der Waals surface area contributed by atoms with E-state index >= 15 is 0 Å². The maximum atomic E-state index is 11.9. The van der Waals surface area contributed by atoms with Gasteiger partial charge < -0.3 is 9.67 Å². The minimum absolute atomic E-state index is 0.121. The van der Waals surface area contributed by atoms with Crippen LogP contribution in [0.3, 0.4) is 0 Å². The maximum absolute atomic E-state index is 11.9. The summed E-state index contributed by atoms with van der Waals surface area (Å²) in [4.78, 5) is 23.0. The lowest BCUT2D eigenvalue weighted by molar-refractivity contribution is -0.137. The van der Waals surface area contributed by atoms with Crippen molar-refractivity contribution in [3.8, 4) is 0 Å². The summed E-state index contributed by atoms with van der Waals surface area (Å²) in [5.74, 6) is -1.11. The van der Waals surface area contributed by atoms with Gasteiger partial charge in [-0.3, -0.25) is 9.59 Å². The summed E-state index contributed by atoms with van der Waals surface area (Å²) in [5.41, 5.74) is 1.11. The zero-order valence-corrected chi connectivity index (χ0v) is 15.7. The Hall–Kier alpha value is -1.79. The van der Waals surface area contributed by atoms with Crippen molar-refractivity contribution in [1.82, 2.24) is 4.57 Å². The highest BCUT2D eigenvalue weighted by molar-refractivity contribution is 7.69. The molecule has 1 aromatic carbocycles. The van der Waals surface area contributed by atoms with Gasteiger partial charge in [-0.2, -0.15) is 13.6 Å². The quantitative estimate of drug-likeness (QED) is 0.541. The zero-order chi connectivity index (χ0) is 18.6. The van der Waals surface area contributed by atoms with Gasteiger partial charge in [-0.1, -0.05) is 0 Å². The van der Waals surface area contributed by atoms with Crippen molar-refractivity contribution in [2.75, 3.05) is 20.3 Å². The molecule has 1 aromatic heterocycles. The van der Waals surface area contributed by atoms with Crippen LogP contribution < -0.4 is 5.30 Å². The first-order valence-electron chi connectivity index (χ1n) is 7.98. The molecule has 0 bridgehead atoms. The Labute approximate surface area is 147 Å². The third kappa shape index (κ3) is 3.90. The number of aliphatic carboxylic acids is 1. The number of nitrogens with zero attached hydrogens (tertiary/aromatic N) is 1. The molecule has 0 aliphatic carbocycles. The van der Waals surface area contributed by atoms with Crippen molar-refractivity contribution in [2.45, 2.75) is 27.3 Å². The van der Waals surface area contributed by atoms with E-state index in [0.29, 0.717) is 35.0 Å². The van der Waals surface area contributed by atoms with Crippen molar-refractivity contribution in [1.29, 1.82) is 0 Å². The number of Topliss-reactive ketones (excluding diaryl/α,β-unsaturated/α-hetero) is 1. The first-order valence-corrected chi connectivity index (χ1v) is 9.52. The highest BCUT2D eigenvalue weighted by Gasteiger charge is 2.47. The molecule has 0 aliphatic heterocycles. The highest BCUT2D eigenvalue weighted by atomic mass is 31.2. The van der Waals surface area contributed by atoms with E-state index in [1.807, 2.05) is 19.9 Å². The van der Waals surface area contributed by atoms with Gasteiger partial charge in [-0.05, 0) is 32.9 Å². The minimum atomic E-state index is -2.75. The topological polar surface area (TPSA) is 87.0 Å². The molecule has 0 unspecified atom stereocenters. The largest absolute Gasteiger partial charge is 0.480 e. The van der Waals surface area contributed by atoms with Crippen molar-refractivity contribution in [3.63, 3.8) is 0 Å². The Balaban J connectivity index is 2.67. The Morgan fingerprint density at radius 2 is 1.84 bits per heavy atom. The zero-order valence-electron chi connectivity index (χ0n) is 14.8. The molecule has 0 fully saturated rings. The number of hydrogen-bond acceptors (Lipinski definition) is 5. The molecule has 0 saturated carbocycles. The van der Waals surface area contributed by atoms with Crippen LogP contribution in [0.4, 0.5) is 0 Å². The number of rotatable bonds is 9. The molecule has 0 aliphatic rings. The summed E-state index contributed by atoms with van der Waals surface area (Å²) in [6, 6.07) is 5.38. The lowest BCUT2D eigenvalue weighted by atomic mass is 10.1. The Morgan fingerprint density at radius 1 is 1.20 bits per heavy atom. The molecule has 0 saturated heterocycles. The molecular weight excluding hydrogens is 345 g/mol. The summed E-state index contributed by atoms with van der Waals surface area (Å²) in [7, 11) is -1.22. The molecule has 2 aromatic rings. The van der Waals surface area contributed by atoms with Crippen LogP contribution in [-0.4, -0.2) is 41.7 Å². The second-order valence-corrected chi connectivity index (χ2v) is 7.73. The average Bonchev–Trinajstić information content (AvgIpc) is 2.92. The molecule has 0 atom stereocenters. The van der Waals surface area contributed by atoms with E-state index in [-0.39, 0.29) is 12.3 Å². The minimum Gasteiger partial charge on any atom is -0.480 e. The van der Waals surface area contributed by atoms with Crippen molar-refractivity contribution < 1.29 is 28.3 Å². The fraction of sp³-hybridized carbons (Fsp3) is 0.412. The first kappa shape index (κ1) is 19.5. The van der Waals surface area contributed by atoms with Crippen molar-refractivity contribution >= 4 is 35.9 Å². The smallest absolute Gasteiger partial charge is 0.448 e. The lowest BCUT2D eigenvalue weighted by Gasteiger charge is -2.19. The van der Waals surface area contributed by atoms with E-state index in [0.717, 1.165) is 0 Å². The summed E-state index contributed by atoms with van der Waals surface area (Å²) in [6.45, 7) is 5.75. The molecule has 1 N–H and O–H groups in total. The van der Waals surface area contributed by atoms with Crippen LogP contribution in [0.5, 0.6) is 0 Å². The fourth-order valence-corrected chi connectivity index (χ4v) is 4.76. The van der Waals surface area contributed by atoms with E-state index in [2.05, 4.69) is 0 Å². The van der Waals surface area contributed by atoms with Gasteiger partial charge in [0.25, 0.3) is 0 Å². The van der Waals surface area contributed by atoms with Crippen LogP contribution in [0, 0.1) is 0 Å². The van der Waals surface area contributed by atoms with E-state index in [4.69, 9.17) is 18.7 Å². The van der Waals surface area contributed by atoms with Gasteiger partial charge in [0.1, 0.15) is 6.54 Å². The predicted molar refractivity (Wildman–Crippen MR) is 96.4 cm³/mol. The first-order chi connectivity index (χ1) is 11.9. The molecule has 0 amide bonds. The van der Waals surface area contributed by atoms with Crippen LogP contribution >= 0.6 is 7.94 Å². The Kier molecular flexibility index (Phi) is 6.30. The third-order valence-corrected chi connectivity index (χ3v) is 6.29. The second kappa shape index (κ2) is 8.06. The normalized spacial score (nSPS) is 11.8. The second-order valence-electron chi connectivity index (χ2n) is 5.34. The number of aromatic nitrogens is 1. The van der Waals surface area contributed by atoms with Crippen LogP contribution in [0.25, 0.3) is 10.9 Å². The standard InChI is InChI=1S/C17H22NO6P/c1-5-23-25(22-4,24-6-2)13-7-8-14-15(12(3)19)10-18(11-17(20)21)16(14)9-13/h7-10H,5-6,11H2,1-4H3/p+1. The molecule has 2 rings (SSSR count). The monoisotopic (exact) mass is 368 g/mol. The van der Waals surface area contributed by atoms with Gasteiger partial charge in [-0.25, -0.2) is 0 Å². The number of carbonyl (C=O) groups is 2. The maximum Gasteiger partial charge on any atom is 0.448 e. The molecular formula is C17H23NO6P+. The average molecular weight is 368 g/mol. The van der Waals surface area contributed by atoms with Gasteiger partial charge in [0.2, 0.25) is 0 Å². The molecule has 7 nitrogen and oxygen atoms in total. The highest BCUT2D eigenvalue weighted by Crippen LogP contribution is 2.60. The van der Waals surface area contributed by atoms with Crippen LogP contribution in [0.2, 0.25) is 0 Å². The van der Waals surface area contributed by atoms with E-state index in [1.165, 1.54) is 14.0 Å². The number of ketones is 1. The Bertz CT molecular complexity index is 779. The van der Waals surface area contributed by atoms with Crippen molar-refractivity contribution in [2.24, 2.45) is 0 Å². The van der Waals surface area contributed by atoms with Gasteiger partial charge >= 0.3 is 13.9 Å². The number of benzene rings is 1. The van der Waals surface area contributed by atoms with E-state index in [1.54, 1.807) is 22.9 Å². The van der Waals surface area contributed by atoms with Gasteiger partial charge in [-0.15, -0.1) is 0 Å². The molecule has 1 heterocycles. The van der Waals surface area contributed by atoms with Gasteiger partial charge in [0.15, 0.2) is 11.1 Å². The number of hydrogen-bond donors (Lipinski definition) is 1. The molecule has 136 valence electrons. The summed E-state index contributed by atoms with van der Waals surface area (Å²) in [5, 5.41) is 10.5. The SMILES string of the molecule is CCO[P+](OC)(OCC)c1ccc2c(C(C)=O)cn(CC(=O)O)c2c1. The lowest BCUT2D eigenvalue weighted by Crippen LogP contribution is -2.19. The summed E-state index contributed by atoms with van der Waals surface area (Å²) < 4.78 is 18.8. The van der Waals surface area contributed by atoms with E-state index in [9.17, 15) is 9.59 Å².